The van der Waals surface area contributed by atoms with E-state index in [2.05, 4.69) is 6.92 Å². The smallest absolute Gasteiger partial charge is 0.0170 e. The Kier molecular flexibility index (Phi) is 17.1. The molecular formula is C23H46P. The first kappa shape index (κ1) is 22.5. The van der Waals surface area contributed by atoms with Gasteiger partial charge in [-0.3, -0.25) is 0 Å². The van der Waals surface area contributed by atoms with Gasteiger partial charge < -0.3 is 0 Å². The molecule has 143 valence electrons. The highest BCUT2D eigenvalue weighted by molar-refractivity contribution is 7.38. The van der Waals surface area contributed by atoms with Crippen molar-refractivity contribution in [2.75, 3.05) is 6.16 Å². The minimum absolute atomic E-state index is 1.04. The third kappa shape index (κ3) is 14.7. The second-order valence-electron chi connectivity index (χ2n) is 8.15. The highest BCUT2D eigenvalue weighted by Crippen LogP contribution is 2.31. The van der Waals surface area contributed by atoms with Crippen LogP contribution in [0.25, 0.3) is 0 Å². The lowest BCUT2D eigenvalue weighted by molar-refractivity contribution is 0.508. The van der Waals surface area contributed by atoms with E-state index in [1.165, 1.54) is 135 Å². The van der Waals surface area contributed by atoms with Gasteiger partial charge in [-0.1, -0.05) is 125 Å². The van der Waals surface area contributed by atoms with Gasteiger partial charge in [0.15, 0.2) is 0 Å². The summed E-state index contributed by atoms with van der Waals surface area (Å²) in [6.07, 6.45) is 31.3. The molecule has 1 aliphatic rings. The molecule has 1 rings (SSSR count). The molecule has 1 heteroatoms. The van der Waals surface area contributed by atoms with Crippen LogP contribution in [0.4, 0.5) is 0 Å². The molecule has 0 heterocycles. The molecule has 0 nitrogen and oxygen atoms in total. The van der Waals surface area contributed by atoms with Crippen LogP contribution in [0.2, 0.25) is 0 Å². The third-order valence-corrected chi connectivity index (χ3v) is 7.33. The first-order chi connectivity index (χ1) is 11.9. The van der Waals surface area contributed by atoms with Gasteiger partial charge in [-0.2, -0.15) is 0 Å². The van der Waals surface area contributed by atoms with E-state index in [9.17, 15) is 0 Å². The van der Waals surface area contributed by atoms with Gasteiger partial charge in [0.25, 0.3) is 0 Å². The van der Waals surface area contributed by atoms with Gasteiger partial charge in [-0.25, -0.2) is 0 Å². The van der Waals surface area contributed by atoms with Crippen LogP contribution in [0.15, 0.2) is 0 Å². The molecular weight excluding hydrogens is 307 g/mol. The zero-order valence-electron chi connectivity index (χ0n) is 16.9. The SMILES string of the molecule is CCCCCCCCCCC[P]C1CCCCCCCCCCC1. The maximum atomic E-state index is 2.31. The van der Waals surface area contributed by atoms with E-state index in [1.807, 2.05) is 0 Å². The summed E-state index contributed by atoms with van der Waals surface area (Å²) in [4.78, 5) is 0. The fourth-order valence-electron chi connectivity index (χ4n) is 4.02. The Balaban J connectivity index is 1.96. The largest absolute Gasteiger partial charge is 0.0775 e. The van der Waals surface area contributed by atoms with Crippen molar-refractivity contribution >= 4 is 8.58 Å². The van der Waals surface area contributed by atoms with Gasteiger partial charge in [-0.05, 0) is 31.1 Å². The Labute approximate surface area is 156 Å². The predicted octanol–water partition coefficient (Wildman–Crippen LogP) is 9.14. The fourth-order valence-corrected chi connectivity index (χ4v) is 5.52. The average Bonchev–Trinajstić information content (AvgIpc) is 2.58. The lowest BCUT2D eigenvalue weighted by Gasteiger charge is -2.17. The summed E-state index contributed by atoms with van der Waals surface area (Å²) >= 11 is 0. The minimum Gasteiger partial charge on any atom is -0.0775 e. The number of hydrogen-bond donors (Lipinski definition) is 0. The molecule has 0 bridgehead atoms. The van der Waals surface area contributed by atoms with E-state index in [1.54, 1.807) is 8.58 Å². The zero-order chi connectivity index (χ0) is 17.1. The summed E-state index contributed by atoms with van der Waals surface area (Å²) in [5.41, 5.74) is 1.04. The summed E-state index contributed by atoms with van der Waals surface area (Å²) in [6.45, 7) is 2.31. The molecule has 0 saturated heterocycles. The average molecular weight is 354 g/mol. The van der Waals surface area contributed by atoms with E-state index in [-0.39, 0.29) is 0 Å². The normalized spacial score (nSPS) is 19.4. The second kappa shape index (κ2) is 18.2. The van der Waals surface area contributed by atoms with Gasteiger partial charge in [0.1, 0.15) is 0 Å². The monoisotopic (exact) mass is 353 g/mol. The molecule has 0 aromatic carbocycles. The zero-order valence-corrected chi connectivity index (χ0v) is 17.8. The summed E-state index contributed by atoms with van der Waals surface area (Å²) in [6, 6.07) is 0. The Morgan fingerprint density at radius 3 is 1.46 bits per heavy atom. The first-order valence-electron chi connectivity index (χ1n) is 11.6. The highest BCUT2D eigenvalue weighted by atomic mass is 31.1. The topological polar surface area (TPSA) is 0 Å². The molecule has 0 aromatic rings. The molecule has 0 aromatic heterocycles. The molecule has 24 heavy (non-hydrogen) atoms. The van der Waals surface area contributed by atoms with E-state index < -0.39 is 0 Å². The van der Waals surface area contributed by atoms with Crippen molar-refractivity contribution in [1.82, 2.24) is 0 Å². The quantitative estimate of drug-likeness (QED) is 0.256. The van der Waals surface area contributed by atoms with E-state index in [0.29, 0.717) is 0 Å². The summed E-state index contributed by atoms with van der Waals surface area (Å²) in [5, 5.41) is 0. The standard InChI is InChI=1S/C23H46P/c1-2-3-4-5-6-10-13-16-19-22-24-23-20-17-14-11-8-7-9-12-15-18-21-23/h23H,2-22H2,1H3. The molecule has 0 atom stereocenters. The predicted molar refractivity (Wildman–Crippen MR) is 114 cm³/mol. The van der Waals surface area contributed by atoms with Gasteiger partial charge in [0.05, 0.1) is 0 Å². The molecule has 0 aliphatic heterocycles. The number of unbranched alkanes of at least 4 members (excludes halogenated alkanes) is 8. The second-order valence-corrected chi connectivity index (χ2v) is 9.69. The maximum Gasteiger partial charge on any atom is -0.0170 e. The van der Waals surface area contributed by atoms with Crippen LogP contribution in [0.3, 0.4) is 0 Å². The van der Waals surface area contributed by atoms with Gasteiger partial charge >= 0.3 is 0 Å². The van der Waals surface area contributed by atoms with Crippen molar-refractivity contribution in [3.05, 3.63) is 0 Å². The minimum atomic E-state index is 1.04. The molecule has 1 aliphatic carbocycles. The molecule has 0 amide bonds. The van der Waals surface area contributed by atoms with Crippen LogP contribution >= 0.6 is 8.58 Å². The Morgan fingerprint density at radius 1 is 0.542 bits per heavy atom. The van der Waals surface area contributed by atoms with E-state index in [4.69, 9.17) is 0 Å². The van der Waals surface area contributed by atoms with Crippen molar-refractivity contribution < 1.29 is 0 Å². The summed E-state index contributed by atoms with van der Waals surface area (Å²) in [5.74, 6) is 0. The van der Waals surface area contributed by atoms with Gasteiger partial charge in [-0.15, -0.1) is 0 Å². The lowest BCUT2D eigenvalue weighted by atomic mass is 10.0. The molecule has 1 fully saturated rings. The van der Waals surface area contributed by atoms with Gasteiger partial charge in [0, 0.05) is 0 Å². The summed E-state index contributed by atoms with van der Waals surface area (Å²) in [7, 11) is 1.80. The first-order valence-corrected chi connectivity index (χ1v) is 12.7. The Bertz CT molecular complexity index is 226. The maximum absolute atomic E-state index is 2.31. The van der Waals surface area contributed by atoms with Crippen LogP contribution in [0.1, 0.15) is 135 Å². The van der Waals surface area contributed by atoms with Crippen LogP contribution in [-0.2, 0) is 0 Å². The Morgan fingerprint density at radius 2 is 0.958 bits per heavy atom. The highest BCUT2D eigenvalue weighted by Gasteiger charge is 2.09. The lowest BCUT2D eigenvalue weighted by Crippen LogP contribution is -2.03. The van der Waals surface area contributed by atoms with Crippen LogP contribution in [0, 0.1) is 0 Å². The number of rotatable bonds is 11. The molecule has 1 radical (unpaired) electrons. The van der Waals surface area contributed by atoms with Crippen molar-refractivity contribution in [3.63, 3.8) is 0 Å². The molecule has 0 spiro atoms. The molecule has 0 N–H and O–H groups in total. The number of hydrogen-bond acceptors (Lipinski definition) is 0. The van der Waals surface area contributed by atoms with Crippen molar-refractivity contribution in [1.29, 1.82) is 0 Å². The van der Waals surface area contributed by atoms with Crippen LogP contribution in [0.5, 0.6) is 0 Å². The van der Waals surface area contributed by atoms with Crippen LogP contribution < -0.4 is 0 Å². The third-order valence-electron chi connectivity index (χ3n) is 5.72. The molecule has 0 unspecified atom stereocenters. The van der Waals surface area contributed by atoms with Gasteiger partial charge in [0.2, 0.25) is 0 Å². The van der Waals surface area contributed by atoms with Crippen molar-refractivity contribution in [3.8, 4) is 0 Å². The van der Waals surface area contributed by atoms with E-state index in [0.717, 1.165) is 5.66 Å². The van der Waals surface area contributed by atoms with E-state index >= 15 is 0 Å². The van der Waals surface area contributed by atoms with Crippen LogP contribution in [-0.4, -0.2) is 11.8 Å². The van der Waals surface area contributed by atoms with Crippen molar-refractivity contribution in [2.45, 2.75) is 141 Å². The fraction of sp³-hybridized carbons (Fsp3) is 1.00. The molecule has 1 saturated carbocycles. The van der Waals surface area contributed by atoms with Crippen molar-refractivity contribution in [2.24, 2.45) is 0 Å². The Hall–Kier alpha value is 0.430. The summed E-state index contributed by atoms with van der Waals surface area (Å²) < 4.78 is 0.